The first kappa shape index (κ1) is 19.9. The van der Waals surface area contributed by atoms with Gasteiger partial charge in [0.05, 0.1) is 12.8 Å². The van der Waals surface area contributed by atoms with Crippen LogP contribution in [0.2, 0.25) is 0 Å². The Morgan fingerprint density at radius 1 is 1.13 bits per heavy atom. The summed E-state index contributed by atoms with van der Waals surface area (Å²) in [6, 6.07) is 10.2. The van der Waals surface area contributed by atoms with E-state index in [-0.39, 0.29) is 17.5 Å². The zero-order valence-corrected chi connectivity index (χ0v) is 16.1. The smallest absolute Gasteiger partial charge is 0.453 e. The molecule has 2 aromatic heterocycles. The predicted molar refractivity (Wildman–Crippen MR) is 102 cm³/mol. The molecule has 0 bridgehead atoms. The van der Waals surface area contributed by atoms with Crippen LogP contribution in [-0.4, -0.2) is 45.9 Å². The molecule has 0 aliphatic carbocycles. The second kappa shape index (κ2) is 7.81. The van der Waals surface area contributed by atoms with Crippen molar-refractivity contribution in [3.63, 3.8) is 0 Å². The van der Waals surface area contributed by atoms with E-state index >= 15 is 0 Å². The van der Waals surface area contributed by atoms with E-state index in [0.29, 0.717) is 47.7 Å². The van der Waals surface area contributed by atoms with Crippen molar-refractivity contribution in [2.24, 2.45) is 5.92 Å². The number of aromatic nitrogens is 4. The number of hydrogen-bond acceptors (Lipinski definition) is 6. The predicted octanol–water partition coefficient (Wildman–Crippen LogP) is 3.01. The van der Waals surface area contributed by atoms with Crippen LogP contribution < -0.4 is 15.0 Å². The van der Waals surface area contributed by atoms with E-state index in [9.17, 15) is 18.0 Å². The molecule has 1 aliphatic rings. The average Bonchev–Trinajstić information content (AvgIpc) is 3.18. The van der Waals surface area contributed by atoms with Gasteiger partial charge in [0.25, 0.3) is 5.82 Å². The van der Waals surface area contributed by atoms with Gasteiger partial charge in [0, 0.05) is 19.0 Å². The third-order valence-electron chi connectivity index (χ3n) is 5.06. The molecule has 0 atom stereocenters. The van der Waals surface area contributed by atoms with Gasteiger partial charge in [-0.15, -0.1) is 15.3 Å². The van der Waals surface area contributed by atoms with Crippen LogP contribution in [0.5, 0.6) is 5.75 Å². The zero-order chi connectivity index (χ0) is 21.3. The first-order chi connectivity index (χ1) is 14.4. The van der Waals surface area contributed by atoms with E-state index in [0.717, 1.165) is 0 Å². The molecule has 11 heteroatoms. The number of carbonyl (C=O) groups excluding carboxylic acids is 1. The average molecular weight is 420 g/mol. The van der Waals surface area contributed by atoms with Gasteiger partial charge in [-0.05, 0) is 37.1 Å². The summed E-state index contributed by atoms with van der Waals surface area (Å²) >= 11 is 0. The number of nitrogens with one attached hydrogen (secondary N) is 1. The third kappa shape index (κ3) is 3.87. The van der Waals surface area contributed by atoms with Crippen molar-refractivity contribution in [3.05, 3.63) is 42.2 Å². The molecule has 30 heavy (non-hydrogen) atoms. The molecular formula is C19H19F3N6O2. The monoisotopic (exact) mass is 420 g/mol. The molecule has 8 nitrogen and oxygen atoms in total. The Morgan fingerprint density at radius 2 is 1.87 bits per heavy atom. The SMILES string of the molecule is COc1ccccc1NC(=O)C1CCN(c2ccc3nnc(C(F)(F)F)n3n2)CC1. The summed E-state index contributed by atoms with van der Waals surface area (Å²) in [5.41, 5.74) is 0.629. The van der Waals surface area contributed by atoms with Gasteiger partial charge in [0.2, 0.25) is 5.91 Å². The van der Waals surface area contributed by atoms with Crippen LogP contribution in [0.25, 0.3) is 5.65 Å². The normalized spacial score (nSPS) is 15.4. The molecule has 1 aromatic carbocycles. The van der Waals surface area contributed by atoms with Gasteiger partial charge in [0.1, 0.15) is 11.6 Å². The summed E-state index contributed by atoms with van der Waals surface area (Å²) in [7, 11) is 1.54. The second-order valence-corrected chi connectivity index (χ2v) is 6.93. The van der Waals surface area contributed by atoms with E-state index in [1.54, 1.807) is 18.2 Å². The molecule has 1 amide bonds. The van der Waals surface area contributed by atoms with Crippen molar-refractivity contribution < 1.29 is 22.7 Å². The van der Waals surface area contributed by atoms with Crippen LogP contribution in [0.15, 0.2) is 36.4 Å². The molecule has 3 aromatic rings. The van der Waals surface area contributed by atoms with Gasteiger partial charge in [-0.3, -0.25) is 4.79 Å². The standard InChI is InChI=1S/C19H19F3N6O2/c1-30-14-5-3-2-4-13(14)23-17(29)12-8-10-27(11-9-12)16-7-6-15-24-25-18(19(20,21)22)28(15)26-16/h2-7,12H,8-11H2,1H3,(H,23,29). The quantitative estimate of drug-likeness (QED) is 0.699. The maximum absolute atomic E-state index is 13.1. The fourth-order valence-electron chi connectivity index (χ4n) is 3.48. The molecule has 4 rings (SSSR count). The van der Waals surface area contributed by atoms with Crippen LogP contribution in [0, 0.1) is 5.92 Å². The minimum absolute atomic E-state index is 0.0251. The number of amides is 1. The van der Waals surface area contributed by atoms with Gasteiger partial charge < -0.3 is 15.0 Å². The molecule has 1 fully saturated rings. The number of anilines is 2. The first-order valence-electron chi connectivity index (χ1n) is 9.35. The Balaban J connectivity index is 1.44. The lowest BCUT2D eigenvalue weighted by molar-refractivity contribution is -0.146. The number of fused-ring (bicyclic) bond motifs is 1. The van der Waals surface area contributed by atoms with Crippen LogP contribution >= 0.6 is 0 Å². The van der Waals surface area contributed by atoms with Crippen LogP contribution in [0.3, 0.4) is 0 Å². The summed E-state index contributed by atoms with van der Waals surface area (Å²) in [6.07, 6.45) is -3.54. The molecule has 0 radical (unpaired) electrons. The second-order valence-electron chi connectivity index (χ2n) is 6.93. The van der Waals surface area contributed by atoms with Gasteiger partial charge in [0.15, 0.2) is 5.65 Å². The Bertz CT molecular complexity index is 1060. The van der Waals surface area contributed by atoms with Gasteiger partial charge in [-0.25, -0.2) is 0 Å². The number of piperidine rings is 1. The van der Waals surface area contributed by atoms with Crippen molar-refractivity contribution in [2.45, 2.75) is 19.0 Å². The highest BCUT2D eigenvalue weighted by Gasteiger charge is 2.38. The minimum atomic E-state index is -4.64. The molecule has 1 aliphatic heterocycles. The van der Waals surface area contributed by atoms with Crippen molar-refractivity contribution in [2.75, 3.05) is 30.4 Å². The summed E-state index contributed by atoms with van der Waals surface area (Å²) in [5.74, 6) is -0.520. The van der Waals surface area contributed by atoms with Crippen molar-refractivity contribution in [1.29, 1.82) is 0 Å². The Morgan fingerprint density at radius 3 is 2.57 bits per heavy atom. The van der Waals surface area contributed by atoms with Gasteiger partial charge >= 0.3 is 6.18 Å². The minimum Gasteiger partial charge on any atom is -0.495 e. The highest BCUT2D eigenvalue weighted by molar-refractivity contribution is 5.94. The molecular weight excluding hydrogens is 401 g/mol. The number of rotatable bonds is 4. The Kier molecular flexibility index (Phi) is 5.18. The van der Waals surface area contributed by atoms with Crippen LogP contribution in [-0.2, 0) is 11.0 Å². The number of methoxy groups -OCH3 is 1. The molecule has 1 N–H and O–H groups in total. The maximum Gasteiger partial charge on any atom is 0.453 e. The summed E-state index contributed by atoms with van der Waals surface area (Å²) < 4.78 is 45.2. The summed E-state index contributed by atoms with van der Waals surface area (Å²) in [4.78, 5) is 14.5. The first-order valence-corrected chi connectivity index (χ1v) is 9.35. The van der Waals surface area contributed by atoms with Crippen molar-refractivity contribution in [3.8, 4) is 5.75 Å². The van der Waals surface area contributed by atoms with Gasteiger partial charge in [-0.2, -0.15) is 17.7 Å². The van der Waals surface area contributed by atoms with E-state index in [4.69, 9.17) is 4.74 Å². The molecule has 0 spiro atoms. The van der Waals surface area contributed by atoms with E-state index < -0.39 is 12.0 Å². The molecule has 0 unspecified atom stereocenters. The number of nitrogens with zero attached hydrogens (tertiary/aromatic N) is 5. The lowest BCUT2D eigenvalue weighted by Crippen LogP contribution is -2.38. The Labute approximate surface area is 169 Å². The number of halogens is 3. The highest BCUT2D eigenvalue weighted by atomic mass is 19.4. The largest absolute Gasteiger partial charge is 0.495 e. The zero-order valence-electron chi connectivity index (χ0n) is 16.1. The van der Waals surface area contributed by atoms with Crippen LogP contribution in [0.1, 0.15) is 18.7 Å². The van der Waals surface area contributed by atoms with Crippen LogP contribution in [0.4, 0.5) is 24.7 Å². The number of ether oxygens (including phenoxy) is 1. The van der Waals surface area contributed by atoms with Crippen molar-refractivity contribution >= 4 is 23.1 Å². The van der Waals surface area contributed by atoms with Crippen molar-refractivity contribution in [1.82, 2.24) is 19.8 Å². The number of carbonyl (C=O) groups is 1. The summed E-state index contributed by atoms with van der Waals surface area (Å²) in [6.45, 7) is 0.984. The number of hydrogen-bond donors (Lipinski definition) is 1. The number of alkyl halides is 3. The highest BCUT2D eigenvalue weighted by Crippen LogP contribution is 2.29. The molecule has 0 saturated carbocycles. The Hall–Kier alpha value is -3.37. The lowest BCUT2D eigenvalue weighted by atomic mass is 9.95. The fraction of sp³-hybridized carbons (Fsp3) is 0.368. The molecule has 158 valence electrons. The fourth-order valence-corrected chi connectivity index (χ4v) is 3.48. The lowest BCUT2D eigenvalue weighted by Gasteiger charge is -2.32. The third-order valence-corrected chi connectivity index (χ3v) is 5.06. The topological polar surface area (TPSA) is 84.6 Å². The molecule has 3 heterocycles. The van der Waals surface area contributed by atoms with E-state index in [2.05, 4.69) is 20.6 Å². The summed E-state index contributed by atoms with van der Waals surface area (Å²) in [5, 5.41) is 13.6. The number of benzene rings is 1. The molecule has 1 saturated heterocycles. The maximum atomic E-state index is 13.1. The van der Waals surface area contributed by atoms with E-state index in [1.807, 2.05) is 17.0 Å². The van der Waals surface area contributed by atoms with E-state index in [1.165, 1.54) is 13.2 Å². The number of para-hydroxylation sites is 2. The van der Waals surface area contributed by atoms with Gasteiger partial charge in [-0.1, -0.05) is 12.1 Å².